The highest BCUT2D eigenvalue weighted by Gasteiger charge is 2.31. The minimum Gasteiger partial charge on any atom is -0.469 e. The first kappa shape index (κ1) is 11.7. The highest BCUT2D eigenvalue weighted by molar-refractivity contribution is 7.10. The lowest BCUT2D eigenvalue weighted by Gasteiger charge is -2.15. The molecule has 0 saturated carbocycles. The van der Waals surface area contributed by atoms with Gasteiger partial charge in [0.05, 0.1) is 13.0 Å². The number of carbonyl (C=O) groups is 1. The largest absolute Gasteiger partial charge is 0.469 e. The monoisotopic (exact) mass is 252 g/mol. The van der Waals surface area contributed by atoms with Crippen LogP contribution in [0.3, 0.4) is 0 Å². The summed E-state index contributed by atoms with van der Waals surface area (Å²) < 4.78 is 8.67. The van der Waals surface area contributed by atoms with Gasteiger partial charge in [-0.15, -0.1) is 0 Å². The van der Waals surface area contributed by atoms with Gasteiger partial charge in [-0.25, -0.2) is 0 Å². The minimum absolute atomic E-state index is 0.130. The van der Waals surface area contributed by atoms with E-state index in [2.05, 4.69) is 4.37 Å². The first-order valence-electron chi connectivity index (χ1n) is 5.15. The van der Waals surface area contributed by atoms with Gasteiger partial charge in [0.25, 0.3) is 0 Å². The molecule has 0 aliphatic carbocycles. The number of nitrogens with two attached hydrogens (primary N) is 1. The molecule has 1 unspecified atom stereocenters. The van der Waals surface area contributed by atoms with Crippen LogP contribution >= 0.6 is 11.5 Å². The molecule has 0 amide bonds. The fourth-order valence-electron chi connectivity index (χ4n) is 1.92. The zero-order valence-corrected chi connectivity index (χ0v) is 10.2. The number of methoxy groups -OCH3 is 1. The lowest BCUT2D eigenvalue weighted by molar-refractivity contribution is -0.144. The van der Waals surface area contributed by atoms with Gasteiger partial charge in [0, 0.05) is 13.1 Å². The Morgan fingerprint density at radius 2 is 2.53 bits per heavy atom. The molecule has 17 heavy (non-hydrogen) atoms. The summed E-state index contributed by atoms with van der Waals surface area (Å²) in [7, 11) is 1.39. The van der Waals surface area contributed by atoms with Crippen LogP contribution in [0.4, 0.5) is 10.8 Å². The molecule has 7 heteroatoms. The van der Waals surface area contributed by atoms with Crippen LogP contribution in [-0.4, -0.2) is 30.5 Å². The van der Waals surface area contributed by atoms with Crippen molar-refractivity contribution in [1.82, 2.24) is 4.37 Å². The molecule has 2 N–H and O–H groups in total. The van der Waals surface area contributed by atoms with Crippen molar-refractivity contribution in [2.24, 2.45) is 5.92 Å². The van der Waals surface area contributed by atoms with Crippen LogP contribution in [0.15, 0.2) is 0 Å². The molecular weight excluding hydrogens is 240 g/mol. The summed E-state index contributed by atoms with van der Waals surface area (Å²) in [6.07, 6.45) is 0.731. The summed E-state index contributed by atoms with van der Waals surface area (Å²) in [5, 5.41) is 9.73. The van der Waals surface area contributed by atoms with Crippen LogP contribution in [0.25, 0.3) is 0 Å². The zero-order chi connectivity index (χ0) is 12.4. The molecule has 0 aromatic carbocycles. The highest BCUT2D eigenvalue weighted by atomic mass is 32.1. The van der Waals surface area contributed by atoms with Crippen LogP contribution in [0.5, 0.6) is 0 Å². The van der Waals surface area contributed by atoms with E-state index >= 15 is 0 Å². The van der Waals surface area contributed by atoms with E-state index in [1.165, 1.54) is 18.6 Å². The van der Waals surface area contributed by atoms with Gasteiger partial charge in [-0.05, 0) is 18.0 Å². The Hall–Kier alpha value is -1.81. The first-order valence-corrected chi connectivity index (χ1v) is 5.92. The summed E-state index contributed by atoms with van der Waals surface area (Å²) in [5.74, 6) is -0.0765. The van der Waals surface area contributed by atoms with Crippen molar-refractivity contribution in [3.05, 3.63) is 5.56 Å². The maximum Gasteiger partial charge on any atom is 0.310 e. The second kappa shape index (κ2) is 4.59. The van der Waals surface area contributed by atoms with Crippen molar-refractivity contribution < 1.29 is 9.53 Å². The van der Waals surface area contributed by atoms with E-state index < -0.39 is 0 Å². The van der Waals surface area contributed by atoms with Crippen LogP contribution in [-0.2, 0) is 9.53 Å². The summed E-state index contributed by atoms with van der Waals surface area (Å²) in [6.45, 7) is 1.28. The van der Waals surface area contributed by atoms with E-state index in [1.807, 2.05) is 11.0 Å². The van der Waals surface area contributed by atoms with E-state index in [4.69, 9.17) is 15.7 Å². The predicted octanol–water partition coefficient (Wildman–Crippen LogP) is 0.596. The fourth-order valence-corrected chi connectivity index (χ4v) is 2.72. The first-order chi connectivity index (χ1) is 8.17. The second-order valence-corrected chi connectivity index (χ2v) is 4.57. The number of nitriles is 1. The molecule has 90 valence electrons. The van der Waals surface area contributed by atoms with Crippen molar-refractivity contribution in [3.8, 4) is 6.07 Å². The van der Waals surface area contributed by atoms with E-state index in [9.17, 15) is 4.79 Å². The number of ether oxygens (including phenoxy) is 1. The average molecular weight is 252 g/mol. The Labute approximate surface area is 103 Å². The third kappa shape index (κ3) is 2.03. The molecule has 1 fully saturated rings. The smallest absolute Gasteiger partial charge is 0.310 e. The number of aromatic nitrogens is 1. The minimum atomic E-state index is -0.205. The number of rotatable bonds is 2. The van der Waals surface area contributed by atoms with Gasteiger partial charge in [0.1, 0.15) is 16.6 Å². The number of esters is 1. The quantitative estimate of drug-likeness (QED) is 0.775. The van der Waals surface area contributed by atoms with E-state index in [1.54, 1.807) is 0 Å². The number of nitrogen functional groups attached to an aromatic ring is 1. The molecule has 2 rings (SSSR count). The molecule has 1 aromatic heterocycles. The Morgan fingerprint density at radius 3 is 3.18 bits per heavy atom. The van der Waals surface area contributed by atoms with Gasteiger partial charge in [-0.3, -0.25) is 4.79 Å². The van der Waals surface area contributed by atoms with Crippen LogP contribution in [0.1, 0.15) is 12.0 Å². The molecule has 1 saturated heterocycles. The molecule has 0 radical (unpaired) electrons. The van der Waals surface area contributed by atoms with E-state index in [0.717, 1.165) is 18.0 Å². The molecule has 6 nitrogen and oxygen atoms in total. The Kier molecular flexibility index (Phi) is 3.15. The standard InChI is InChI=1S/C10H12N4O2S/c1-16-10(15)6-2-3-14(5-6)9-7(4-11)8(12)13-17-9/h6H,2-3,5H2,1H3,(H2,12,13). The Balaban J connectivity index is 2.16. The Morgan fingerprint density at radius 1 is 1.76 bits per heavy atom. The third-order valence-electron chi connectivity index (χ3n) is 2.82. The molecule has 1 aliphatic rings. The Bertz CT molecular complexity index is 479. The maximum absolute atomic E-state index is 11.4. The molecule has 0 spiro atoms. The van der Waals surface area contributed by atoms with Crippen molar-refractivity contribution in [3.63, 3.8) is 0 Å². The summed E-state index contributed by atoms with van der Waals surface area (Å²) in [4.78, 5) is 13.4. The number of anilines is 2. The fraction of sp³-hybridized carbons (Fsp3) is 0.500. The third-order valence-corrected chi connectivity index (χ3v) is 3.75. The molecule has 0 bridgehead atoms. The molecule has 2 heterocycles. The van der Waals surface area contributed by atoms with E-state index in [-0.39, 0.29) is 17.7 Å². The van der Waals surface area contributed by atoms with Gasteiger partial charge >= 0.3 is 5.97 Å². The van der Waals surface area contributed by atoms with Crippen LogP contribution in [0, 0.1) is 17.2 Å². The normalized spacial score (nSPS) is 19.1. The van der Waals surface area contributed by atoms with Gasteiger partial charge in [-0.2, -0.15) is 9.64 Å². The van der Waals surface area contributed by atoms with Crippen molar-refractivity contribution in [2.45, 2.75) is 6.42 Å². The lowest BCUT2D eigenvalue weighted by Crippen LogP contribution is -2.23. The van der Waals surface area contributed by atoms with Gasteiger partial charge in [0.15, 0.2) is 5.82 Å². The molecule has 1 atom stereocenters. The molecule has 1 aliphatic heterocycles. The molecular formula is C10H12N4O2S. The van der Waals surface area contributed by atoms with Gasteiger partial charge < -0.3 is 15.4 Å². The maximum atomic E-state index is 11.4. The number of hydrogen-bond donors (Lipinski definition) is 1. The summed E-state index contributed by atoms with van der Waals surface area (Å²) in [6, 6.07) is 2.04. The number of hydrogen-bond acceptors (Lipinski definition) is 7. The zero-order valence-electron chi connectivity index (χ0n) is 9.34. The van der Waals surface area contributed by atoms with Crippen LogP contribution in [0.2, 0.25) is 0 Å². The SMILES string of the molecule is COC(=O)C1CCN(c2snc(N)c2C#N)C1. The van der Waals surface area contributed by atoms with Crippen molar-refractivity contribution in [2.75, 3.05) is 30.8 Å². The second-order valence-electron chi connectivity index (χ2n) is 3.81. The predicted molar refractivity (Wildman–Crippen MR) is 63.6 cm³/mol. The van der Waals surface area contributed by atoms with E-state index in [0.29, 0.717) is 12.1 Å². The number of nitrogens with zero attached hydrogens (tertiary/aromatic N) is 3. The average Bonchev–Trinajstić information content (AvgIpc) is 2.94. The summed E-state index contributed by atoms with van der Waals surface area (Å²) >= 11 is 1.20. The highest BCUT2D eigenvalue weighted by Crippen LogP contribution is 2.33. The van der Waals surface area contributed by atoms with Gasteiger partial charge in [-0.1, -0.05) is 0 Å². The topological polar surface area (TPSA) is 92.2 Å². The number of carbonyl (C=O) groups excluding carboxylic acids is 1. The van der Waals surface area contributed by atoms with Crippen molar-refractivity contribution in [1.29, 1.82) is 5.26 Å². The lowest BCUT2D eigenvalue weighted by atomic mass is 10.1. The van der Waals surface area contributed by atoms with Gasteiger partial charge in [0.2, 0.25) is 0 Å². The summed E-state index contributed by atoms with van der Waals surface area (Å²) in [5.41, 5.74) is 6.00. The van der Waals surface area contributed by atoms with Crippen molar-refractivity contribution >= 4 is 28.3 Å². The molecule has 1 aromatic rings. The van der Waals surface area contributed by atoms with Crippen LogP contribution < -0.4 is 10.6 Å².